The molecule has 132 valence electrons. The molecule has 0 bridgehead atoms. The summed E-state index contributed by atoms with van der Waals surface area (Å²) in [5, 5.41) is 4.24. The molecule has 2 heterocycles. The maximum Gasteiger partial charge on any atom is 0.234 e. The highest BCUT2D eigenvalue weighted by Gasteiger charge is 2.25. The number of halogens is 1. The lowest BCUT2D eigenvalue weighted by Crippen LogP contribution is -2.49. The number of aromatic nitrogens is 1. The molecule has 0 radical (unpaired) electrons. The predicted octanol–water partition coefficient (Wildman–Crippen LogP) is 2.39. The van der Waals surface area contributed by atoms with Gasteiger partial charge in [-0.15, -0.1) is 0 Å². The Morgan fingerprint density at radius 2 is 1.96 bits per heavy atom. The summed E-state index contributed by atoms with van der Waals surface area (Å²) in [6.45, 7) is 5.28. The van der Waals surface area contributed by atoms with Crippen LogP contribution in [0.4, 0.5) is 0 Å². The van der Waals surface area contributed by atoms with Gasteiger partial charge in [0.25, 0.3) is 0 Å². The quantitative estimate of drug-likeness (QED) is 0.833. The highest BCUT2D eigenvalue weighted by molar-refractivity contribution is 9.10. The van der Waals surface area contributed by atoms with Gasteiger partial charge in [-0.1, -0.05) is 22.0 Å². The zero-order valence-corrected chi connectivity index (χ0v) is 15.8. The first-order valence-electron chi connectivity index (χ1n) is 8.94. The minimum absolute atomic E-state index is 0.179. The van der Waals surface area contributed by atoms with E-state index in [1.165, 1.54) is 10.9 Å². The molecule has 1 N–H and O–H groups in total. The van der Waals surface area contributed by atoms with Crippen molar-refractivity contribution in [1.82, 2.24) is 20.1 Å². The van der Waals surface area contributed by atoms with Crippen LogP contribution in [0.1, 0.15) is 18.4 Å². The van der Waals surface area contributed by atoms with Crippen molar-refractivity contribution in [2.75, 3.05) is 32.7 Å². The van der Waals surface area contributed by atoms with Gasteiger partial charge in [0.15, 0.2) is 0 Å². The standard InChI is InChI=1S/C19H23BrN4O/c20-16-10-14-2-1-5-21-19(14)15(11-16)12-23-6-8-24(9-7-23)13-18(25)22-17-3-4-17/h1-2,5,10-11,17H,3-4,6-9,12-13H2,(H,22,25). The molecule has 2 aromatic rings. The van der Waals surface area contributed by atoms with Crippen LogP contribution in [0.15, 0.2) is 34.9 Å². The number of amides is 1. The van der Waals surface area contributed by atoms with Crippen LogP contribution >= 0.6 is 15.9 Å². The number of fused-ring (bicyclic) bond motifs is 1. The minimum atomic E-state index is 0.179. The predicted molar refractivity (Wildman–Crippen MR) is 102 cm³/mol. The number of piperazine rings is 1. The van der Waals surface area contributed by atoms with E-state index >= 15 is 0 Å². The number of nitrogens with zero attached hydrogens (tertiary/aromatic N) is 3. The molecule has 25 heavy (non-hydrogen) atoms. The Hall–Kier alpha value is -1.50. The third-order valence-electron chi connectivity index (χ3n) is 4.92. The van der Waals surface area contributed by atoms with Crippen molar-refractivity contribution in [3.05, 3.63) is 40.5 Å². The van der Waals surface area contributed by atoms with E-state index < -0.39 is 0 Å². The first-order chi connectivity index (χ1) is 12.2. The lowest BCUT2D eigenvalue weighted by atomic mass is 10.1. The van der Waals surface area contributed by atoms with Crippen molar-refractivity contribution in [2.24, 2.45) is 0 Å². The van der Waals surface area contributed by atoms with Gasteiger partial charge in [0.2, 0.25) is 5.91 Å². The van der Waals surface area contributed by atoms with Crippen LogP contribution in [-0.2, 0) is 11.3 Å². The number of hydrogen-bond donors (Lipinski definition) is 1. The van der Waals surface area contributed by atoms with E-state index in [0.717, 1.165) is 55.6 Å². The molecule has 4 rings (SSSR count). The van der Waals surface area contributed by atoms with Gasteiger partial charge in [-0.3, -0.25) is 19.6 Å². The Morgan fingerprint density at radius 1 is 1.20 bits per heavy atom. The third-order valence-corrected chi connectivity index (χ3v) is 5.37. The number of benzene rings is 1. The van der Waals surface area contributed by atoms with Crippen molar-refractivity contribution in [3.63, 3.8) is 0 Å². The van der Waals surface area contributed by atoms with E-state index in [2.05, 4.69) is 54.2 Å². The van der Waals surface area contributed by atoms with Crippen LogP contribution in [0.3, 0.4) is 0 Å². The van der Waals surface area contributed by atoms with E-state index in [1.54, 1.807) is 0 Å². The SMILES string of the molecule is O=C(CN1CCN(Cc2cc(Br)cc3cccnc23)CC1)NC1CC1. The number of hydrogen-bond acceptors (Lipinski definition) is 4. The Bertz CT molecular complexity index is 769. The monoisotopic (exact) mass is 402 g/mol. The van der Waals surface area contributed by atoms with E-state index in [1.807, 2.05) is 12.3 Å². The molecule has 5 nitrogen and oxygen atoms in total. The summed E-state index contributed by atoms with van der Waals surface area (Å²) in [4.78, 5) is 21.2. The van der Waals surface area contributed by atoms with E-state index in [0.29, 0.717) is 12.6 Å². The first kappa shape index (κ1) is 16.9. The Balaban J connectivity index is 1.35. The Kier molecular flexibility index (Phi) is 5.01. The smallest absolute Gasteiger partial charge is 0.234 e. The zero-order valence-electron chi connectivity index (χ0n) is 14.2. The number of carbonyl (C=O) groups excluding carboxylic acids is 1. The van der Waals surface area contributed by atoms with Gasteiger partial charge in [0.1, 0.15) is 0 Å². The molecule has 1 aliphatic heterocycles. The molecule has 1 amide bonds. The van der Waals surface area contributed by atoms with E-state index in [-0.39, 0.29) is 5.91 Å². The number of carbonyl (C=O) groups is 1. The van der Waals surface area contributed by atoms with Gasteiger partial charge in [0, 0.05) is 54.8 Å². The number of rotatable bonds is 5. The van der Waals surface area contributed by atoms with E-state index in [4.69, 9.17) is 0 Å². The fourth-order valence-electron chi connectivity index (χ4n) is 3.40. The average molecular weight is 403 g/mol. The van der Waals surface area contributed by atoms with Gasteiger partial charge in [-0.2, -0.15) is 0 Å². The van der Waals surface area contributed by atoms with E-state index in [9.17, 15) is 4.79 Å². The summed E-state index contributed by atoms with van der Waals surface area (Å²) in [6.07, 6.45) is 4.15. The van der Waals surface area contributed by atoms with Gasteiger partial charge >= 0.3 is 0 Å². The number of nitrogens with one attached hydrogen (secondary N) is 1. The van der Waals surface area contributed by atoms with Crippen LogP contribution in [-0.4, -0.2) is 59.5 Å². The zero-order chi connectivity index (χ0) is 17.2. The molecular formula is C19H23BrN4O. The molecule has 1 aromatic carbocycles. The van der Waals surface area contributed by atoms with Crippen LogP contribution in [0.2, 0.25) is 0 Å². The third kappa shape index (κ3) is 4.37. The summed E-state index contributed by atoms with van der Waals surface area (Å²) < 4.78 is 1.10. The Labute approximate surface area is 156 Å². The number of pyridine rings is 1. The van der Waals surface area contributed by atoms with Gasteiger partial charge < -0.3 is 5.32 Å². The summed E-state index contributed by atoms with van der Waals surface area (Å²) in [5.41, 5.74) is 2.34. The van der Waals surface area contributed by atoms with Crippen molar-refractivity contribution in [2.45, 2.75) is 25.4 Å². The maximum absolute atomic E-state index is 11.9. The van der Waals surface area contributed by atoms with Crippen LogP contribution < -0.4 is 5.32 Å². The molecule has 2 aliphatic rings. The van der Waals surface area contributed by atoms with Gasteiger partial charge in [0.05, 0.1) is 12.1 Å². The molecule has 1 saturated carbocycles. The summed E-state index contributed by atoms with van der Waals surface area (Å²) in [6, 6.07) is 8.82. The van der Waals surface area contributed by atoms with Crippen molar-refractivity contribution in [1.29, 1.82) is 0 Å². The highest BCUT2D eigenvalue weighted by atomic mass is 79.9. The maximum atomic E-state index is 11.9. The Morgan fingerprint density at radius 3 is 2.72 bits per heavy atom. The molecule has 0 unspecified atom stereocenters. The van der Waals surface area contributed by atoms with Gasteiger partial charge in [-0.05, 0) is 36.6 Å². The summed E-state index contributed by atoms with van der Waals surface area (Å²) >= 11 is 3.61. The average Bonchev–Trinajstić information content (AvgIpc) is 3.40. The second-order valence-electron chi connectivity index (χ2n) is 7.03. The fraction of sp³-hybridized carbons (Fsp3) is 0.474. The lowest BCUT2D eigenvalue weighted by molar-refractivity contribution is -0.122. The first-order valence-corrected chi connectivity index (χ1v) is 9.74. The molecule has 1 saturated heterocycles. The summed E-state index contributed by atoms with van der Waals surface area (Å²) in [5.74, 6) is 0.179. The molecule has 1 aromatic heterocycles. The summed E-state index contributed by atoms with van der Waals surface area (Å²) in [7, 11) is 0. The minimum Gasteiger partial charge on any atom is -0.352 e. The highest BCUT2D eigenvalue weighted by Crippen LogP contribution is 2.24. The van der Waals surface area contributed by atoms with Crippen LogP contribution in [0, 0.1) is 0 Å². The molecule has 2 fully saturated rings. The molecule has 6 heteroatoms. The van der Waals surface area contributed by atoms with Crippen LogP contribution in [0.5, 0.6) is 0 Å². The largest absolute Gasteiger partial charge is 0.352 e. The second-order valence-corrected chi connectivity index (χ2v) is 7.95. The topological polar surface area (TPSA) is 48.5 Å². The molecule has 1 aliphatic carbocycles. The normalized spacial score (nSPS) is 19.2. The molecule has 0 atom stereocenters. The van der Waals surface area contributed by atoms with Crippen molar-refractivity contribution in [3.8, 4) is 0 Å². The fourth-order valence-corrected chi connectivity index (χ4v) is 3.92. The van der Waals surface area contributed by atoms with Crippen LogP contribution in [0.25, 0.3) is 10.9 Å². The van der Waals surface area contributed by atoms with Crippen molar-refractivity contribution >= 4 is 32.7 Å². The lowest BCUT2D eigenvalue weighted by Gasteiger charge is -2.34. The second kappa shape index (κ2) is 7.40. The van der Waals surface area contributed by atoms with Gasteiger partial charge in [-0.25, -0.2) is 0 Å². The molecule has 0 spiro atoms. The molecular weight excluding hydrogens is 380 g/mol. The van der Waals surface area contributed by atoms with Crippen molar-refractivity contribution < 1.29 is 4.79 Å².